The van der Waals surface area contributed by atoms with Crippen molar-refractivity contribution in [1.29, 1.82) is 0 Å². The zero-order valence-electron chi connectivity index (χ0n) is 7.63. The first-order valence-electron chi connectivity index (χ1n) is 5.26. The minimum Gasteiger partial charge on any atom is -0.393 e. The van der Waals surface area contributed by atoms with E-state index < -0.39 is 0 Å². The van der Waals surface area contributed by atoms with Gasteiger partial charge in [0.15, 0.2) is 0 Å². The molecule has 2 nitrogen and oxygen atoms in total. The van der Waals surface area contributed by atoms with E-state index in [1.807, 2.05) is 0 Å². The van der Waals surface area contributed by atoms with Gasteiger partial charge in [0.1, 0.15) is 0 Å². The third-order valence-electron chi connectivity index (χ3n) is 3.04. The third kappa shape index (κ3) is 2.46. The zero-order chi connectivity index (χ0) is 8.39. The fraction of sp³-hybridized carbons (Fsp3) is 1.00. The molecule has 0 bridgehead atoms. The van der Waals surface area contributed by atoms with Crippen molar-refractivity contribution >= 4 is 0 Å². The van der Waals surface area contributed by atoms with Crippen LogP contribution in [0, 0.1) is 5.92 Å². The quantitative estimate of drug-likeness (QED) is 0.667. The fourth-order valence-electron chi connectivity index (χ4n) is 2.00. The second-order valence-corrected chi connectivity index (χ2v) is 4.37. The largest absolute Gasteiger partial charge is 0.393 e. The minimum absolute atomic E-state index is 0.0320. The maximum atomic E-state index is 9.42. The average molecular weight is 169 g/mol. The second kappa shape index (κ2) is 3.75. The molecule has 0 aromatic rings. The molecule has 12 heavy (non-hydrogen) atoms. The highest BCUT2D eigenvalue weighted by Gasteiger charge is 2.24. The molecule has 0 saturated heterocycles. The van der Waals surface area contributed by atoms with Crippen LogP contribution in [0.2, 0.25) is 0 Å². The smallest absolute Gasteiger partial charge is 0.0555 e. The maximum absolute atomic E-state index is 9.42. The summed E-state index contributed by atoms with van der Waals surface area (Å²) in [5.41, 5.74) is 0. The molecule has 0 aliphatic heterocycles. The Kier molecular flexibility index (Phi) is 2.66. The van der Waals surface area contributed by atoms with E-state index in [2.05, 4.69) is 5.32 Å². The summed E-state index contributed by atoms with van der Waals surface area (Å²) in [6, 6.07) is 0.606. The predicted molar refractivity (Wildman–Crippen MR) is 49.0 cm³/mol. The van der Waals surface area contributed by atoms with Crippen LogP contribution in [0.15, 0.2) is 0 Å². The Morgan fingerprint density at radius 3 is 2.67 bits per heavy atom. The number of hydrogen-bond acceptors (Lipinski definition) is 2. The summed E-state index contributed by atoms with van der Waals surface area (Å²) in [6.45, 7) is 1.19. The Bertz CT molecular complexity index is 145. The van der Waals surface area contributed by atoms with Crippen molar-refractivity contribution in [2.75, 3.05) is 6.54 Å². The van der Waals surface area contributed by atoms with Gasteiger partial charge in [0, 0.05) is 6.04 Å². The molecule has 2 saturated carbocycles. The van der Waals surface area contributed by atoms with Crippen molar-refractivity contribution in [3.05, 3.63) is 0 Å². The first-order chi connectivity index (χ1) is 5.84. The molecule has 2 fully saturated rings. The zero-order valence-corrected chi connectivity index (χ0v) is 7.63. The van der Waals surface area contributed by atoms with E-state index in [0.717, 1.165) is 18.8 Å². The van der Waals surface area contributed by atoms with Crippen LogP contribution in [0.1, 0.15) is 38.5 Å². The van der Waals surface area contributed by atoms with E-state index in [9.17, 15) is 5.11 Å². The second-order valence-electron chi connectivity index (χ2n) is 4.37. The Balaban J connectivity index is 1.64. The molecule has 0 aromatic heterocycles. The van der Waals surface area contributed by atoms with Crippen LogP contribution >= 0.6 is 0 Å². The van der Waals surface area contributed by atoms with Gasteiger partial charge in [-0.15, -0.1) is 0 Å². The first kappa shape index (κ1) is 8.52. The van der Waals surface area contributed by atoms with Gasteiger partial charge in [0.25, 0.3) is 0 Å². The molecule has 2 heteroatoms. The van der Waals surface area contributed by atoms with Crippen LogP contribution in [-0.2, 0) is 0 Å². The number of hydrogen-bond donors (Lipinski definition) is 2. The summed E-state index contributed by atoms with van der Waals surface area (Å²) < 4.78 is 0. The lowest BCUT2D eigenvalue weighted by Crippen LogP contribution is -2.37. The highest BCUT2D eigenvalue weighted by Crippen LogP contribution is 2.28. The highest BCUT2D eigenvalue weighted by molar-refractivity contribution is 4.81. The van der Waals surface area contributed by atoms with Gasteiger partial charge in [-0.05, 0) is 51.0 Å². The van der Waals surface area contributed by atoms with E-state index in [4.69, 9.17) is 0 Å². The van der Waals surface area contributed by atoms with Crippen molar-refractivity contribution in [2.24, 2.45) is 5.92 Å². The van der Waals surface area contributed by atoms with Crippen molar-refractivity contribution < 1.29 is 5.11 Å². The van der Waals surface area contributed by atoms with Crippen LogP contribution in [0.5, 0.6) is 0 Å². The molecule has 2 aliphatic rings. The van der Waals surface area contributed by atoms with E-state index in [1.165, 1.54) is 32.2 Å². The van der Waals surface area contributed by atoms with Crippen LogP contribution in [0.4, 0.5) is 0 Å². The molecular weight excluding hydrogens is 150 g/mol. The van der Waals surface area contributed by atoms with Gasteiger partial charge in [-0.3, -0.25) is 0 Å². The molecule has 0 amide bonds. The number of aliphatic hydroxyl groups is 1. The molecule has 2 rings (SSSR count). The van der Waals surface area contributed by atoms with Gasteiger partial charge in [-0.1, -0.05) is 0 Å². The maximum Gasteiger partial charge on any atom is 0.0555 e. The predicted octanol–water partition coefficient (Wildman–Crippen LogP) is 1.29. The van der Waals surface area contributed by atoms with Crippen LogP contribution in [0.3, 0.4) is 0 Å². The van der Waals surface area contributed by atoms with E-state index in [1.54, 1.807) is 0 Å². The molecule has 70 valence electrons. The summed E-state index contributed by atoms with van der Waals surface area (Å²) >= 11 is 0. The molecule has 2 N–H and O–H groups in total. The summed E-state index contributed by atoms with van der Waals surface area (Å²) in [5.74, 6) is 0.962. The Morgan fingerprint density at radius 1 is 1.17 bits per heavy atom. The first-order valence-corrected chi connectivity index (χ1v) is 5.26. The lowest BCUT2D eigenvalue weighted by Gasteiger charge is -2.26. The monoisotopic (exact) mass is 169 g/mol. The third-order valence-corrected chi connectivity index (χ3v) is 3.04. The Morgan fingerprint density at radius 2 is 2.00 bits per heavy atom. The number of rotatable bonds is 3. The lowest BCUT2D eigenvalue weighted by atomic mass is 9.93. The van der Waals surface area contributed by atoms with Crippen LogP contribution in [0.25, 0.3) is 0 Å². The van der Waals surface area contributed by atoms with Crippen molar-refractivity contribution in [3.8, 4) is 0 Å². The Labute approximate surface area is 74.4 Å². The molecule has 0 heterocycles. The standard InChI is InChI=1S/C10H19NO/c12-10-3-1-2-9(6-10)11-7-8-4-5-8/h8-12H,1-7H2. The lowest BCUT2D eigenvalue weighted by molar-refractivity contribution is 0.112. The SMILES string of the molecule is OC1CCCC(NCC2CC2)C1. The van der Waals surface area contributed by atoms with Gasteiger partial charge >= 0.3 is 0 Å². The van der Waals surface area contributed by atoms with Crippen LogP contribution < -0.4 is 5.32 Å². The normalized spacial score (nSPS) is 36.8. The molecule has 2 unspecified atom stereocenters. The van der Waals surface area contributed by atoms with Crippen molar-refractivity contribution in [2.45, 2.75) is 50.7 Å². The summed E-state index contributed by atoms with van der Waals surface area (Å²) in [6.07, 6.45) is 7.27. The molecule has 0 spiro atoms. The molecule has 2 aliphatic carbocycles. The van der Waals surface area contributed by atoms with Gasteiger partial charge in [0.05, 0.1) is 6.10 Å². The van der Waals surface area contributed by atoms with Gasteiger partial charge < -0.3 is 10.4 Å². The fourth-order valence-corrected chi connectivity index (χ4v) is 2.00. The van der Waals surface area contributed by atoms with Gasteiger partial charge in [-0.2, -0.15) is 0 Å². The summed E-state index contributed by atoms with van der Waals surface area (Å²) in [7, 11) is 0. The summed E-state index contributed by atoms with van der Waals surface area (Å²) in [5, 5.41) is 13.0. The Hall–Kier alpha value is -0.0800. The molecule has 2 atom stereocenters. The van der Waals surface area contributed by atoms with Gasteiger partial charge in [-0.25, -0.2) is 0 Å². The van der Waals surface area contributed by atoms with E-state index in [0.29, 0.717) is 6.04 Å². The number of nitrogens with one attached hydrogen (secondary N) is 1. The summed E-state index contributed by atoms with van der Waals surface area (Å²) in [4.78, 5) is 0. The van der Waals surface area contributed by atoms with Crippen LogP contribution in [-0.4, -0.2) is 23.8 Å². The molecule has 0 aromatic carbocycles. The minimum atomic E-state index is -0.0320. The topological polar surface area (TPSA) is 32.3 Å². The average Bonchev–Trinajstić information content (AvgIpc) is 2.84. The van der Waals surface area contributed by atoms with E-state index >= 15 is 0 Å². The van der Waals surface area contributed by atoms with Gasteiger partial charge in [0.2, 0.25) is 0 Å². The molecular formula is C10H19NO. The van der Waals surface area contributed by atoms with Crippen molar-refractivity contribution in [3.63, 3.8) is 0 Å². The highest BCUT2D eigenvalue weighted by atomic mass is 16.3. The van der Waals surface area contributed by atoms with E-state index in [-0.39, 0.29) is 6.10 Å². The number of aliphatic hydroxyl groups excluding tert-OH is 1. The van der Waals surface area contributed by atoms with Crippen molar-refractivity contribution in [1.82, 2.24) is 5.32 Å². The molecule has 0 radical (unpaired) electrons.